The van der Waals surface area contributed by atoms with Crippen LogP contribution >= 0.6 is 0 Å². The average Bonchev–Trinajstić information content (AvgIpc) is 3.19. The van der Waals surface area contributed by atoms with Gasteiger partial charge in [0.15, 0.2) is 6.29 Å². The van der Waals surface area contributed by atoms with Crippen LogP contribution in [0.5, 0.6) is 11.5 Å². The summed E-state index contributed by atoms with van der Waals surface area (Å²) in [6.45, 7) is 0.135. The number of benzene rings is 2. The Morgan fingerprint density at radius 1 is 1.27 bits per heavy atom. The molecule has 0 aromatic heterocycles. The van der Waals surface area contributed by atoms with Crippen molar-refractivity contribution in [1.82, 2.24) is 5.32 Å². The van der Waals surface area contributed by atoms with Crippen molar-refractivity contribution in [2.75, 3.05) is 6.73 Å². The van der Waals surface area contributed by atoms with E-state index >= 15 is 0 Å². The molecule has 2 aromatic rings. The standard InChI is InChI=1S/C21H19FN2O6/c22-16-9-15(6-3-13(16)8-17(23)21(27)28)30-14-4-1-12(2-5-14)7-19-20(18(26)10-25)24-11-29-19/h1-7,9-10,17,20,24H,8,11,23H2,(H,27,28). The molecular weight excluding hydrogens is 395 g/mol. The van der Waals surface area contributed by atoms with E-state index in [9.17, 15) is 18.8 Å². The van der Waals surface area contributed by atoms with Crippen molar-refractivity contribution in [1.29, 1.82) is 0 Å². The van der Waals surface area contributed by atoms with Crippen LogP contribution in [-0.4, -0.2) is 42.0 Å². The molecule has 3 rings (SSSR count). The van der Waals surface area contributed by atoms with Gasteiger partial charge in [-0.25, -0.2) is 4.39 Å². The molecule has 2 atom stereocenters. The van der Waals surface area contributed by atoms with Gasteiger partial charge >= 0.3 is 5.97 Å². The lowest BCUT2D eigenvalue weighted by molar-refractivity contribution is -0.138. The number of rotatable bonds is 8. The Labute approximate surface area is 171 Å². The smallest absolute Gasteiger partial charge is 0.320 e. The van der Waals surface area contributed by atoms with Crippen LogP contribution in [0.2, 0.25) is 0 Å². The zero-order chi connectivity index (χ0) is 21.7. The second-order valence-electron chi connectivity index (χ2n) is 6.57. The maximum absolute atomic E-state index is 14.2. The molecule has 4 N–H and O–H groups in total. The highest BCUT2D eigenvalue weighted by Gasteiger charge is 2.28. The van der Waals surface area contributed by atoms with Crippen molar-refractivity contribution in [3.05, 3.63) is 65.2 Å². The van der Waals surface area contributed by atoms with Gasteiger partial charge in [0.25, 0.3) is 0 Å². The van der Waals surface area contributed by atoms with Crippen LogP contribution in [0.4, 0.5) is 4.39 Å². The van der Waals surface area contributed by atoms with Crippen LogP contribution in [0.1, 0.15) is 11.1 Å². The first kappa shape index (κ1) is 21.2. The molecule has 0 bridgehead atoms. The zero-order valence-corrected chi connectivity index (χ0v) is 15.7. The first-order chi connectivity index (χ1) is 14.4. The van der Waals surface area contributed by atoms with Crippen molar-refractivity contribution in [2.45, 2.75) is 18.5 Å². The van der Waals surface area contributed by atoms with Crippen molar-refractivity contribution in [3.63, 3.8) is 0 Å². The van der Waals surface area contributed by atoms with Crippen LogP contribution in [0.25, 0.3) is 6.08 Å². The van der Waals surface area contributed by atoms with E-state index in [0.717, 1.165) is 6.07 Å². The van der Waals surface area contributed by atoms with Crippen LogP contribution < -0.4 is 15.8 Å². The number of aldehydes is 1. The van der Waals surface area contributed by atoms with E-state index in [2.05, 4.69) is 5.32 Å². The number of carbonyl (C=O) groups excluding carboxylic acids is 2. The number of ketones is 1. The van der Waals surface area contributed by atoms with Crippen LogP contribution in [0.3, 0.4) is 0 Å². The number of carboxylic acids is 1. The first-order valence-corrected chi connectivity index (χ1v) is 8.99. The average molecular weight is 414 g/mol. The lowest BCUT2D eigenvalue weighted by atomic mass is 10.1. The second kappa shape index (κ2) is 9.29. The molecule has 0 spiro atoms. The maximum atomic E-state index is 14.2. The van der Waals surface area contributed by atoms with Gasteiger partial charge in [0.1, 0.15) is 41.9 Å². The molecule has 1 aliphatic rings. The van der Waals surface area contributed by atoms with Gasteiger partial charge in [0, 0.05) is 12.5 Å². The topological polar surface area (TPSA) is 128 Å². The molecule has 2 unspecified atom stereocenters. The number of nitrogens with one attached hydrogen (secondary N) is 1. The largest absolute Gasteiger partial charge is 0.480 e. The van der Waals surface area contributed by atoms with E-state index in [-0.39, 0.29) is 30.8 Å². The van der Waals surface area contributed by atoms with Crippen molar-refractivity contribution in [3.8, 4) is 11.5 Å². The number of carbonyl (C=O) groups is 3. The number of halogens is 1. The molecule has 1 aliphatic heterocycles. The van der Waals surface area contributed by atoms with Gasteiger partial charge in [-0.15, -0.1) is 0 Å². The molecule has 0 saturated carbocycles. The second-order valence-corrected chi connectivity index (χ2v) is 6.57. The molecule has 156 valence electrons. The molecule has 9 heteroatoms. The van der Waals surface area contributed by atoms with Gasteiger partial charge in [-0.05, 0) is 35.4 Å². The predicted molar refractivity (Wildman–Crippen MR) is 104 cm³/mol. The third-order valence-corrected chi connectivity index (χ3v) is 4.42. The highest BCUT2D eigenvalue weighted by molar-refractivity contribution is 6.28. The van der Waals surface area contributed by atoms with E-state index in [1.54, 1.807) is 30.3 Å². The monoisotopic (exact) mass is 414 g/mol. The summed E-state index contributed by atoms with van der Waals surface area (Å²) in [5.41, 5.74) is 6.33. The Kier molecular flexibility index (Phi) is 6.55. The molecule has 2 aromatic carbocycles. The lowest BCUT2D eigenvalue weighted by Crippen LogP contribution is -2.32. The van der Waals surface area contributed by atoms with Crippen molar-refractivity contribution in [2.24, 2.45) is 5.73 Å². The van der Waals surface area contributed by atoms with Gasteiger partial charge in [-0.2, -0.15) is 0 Å². The molecular formula is C21H19FN2O6. The molecule has 0 radical (unpaired) electrons. The van der Waals surface area contributed by atoms with Gasteiger partial charge < -0.3 is 20.3 Å². The summed E-state index contributed by atoms with van der Waals surface area (Å²) >= 11 is 0. The zero-order valence-electron chi connectivity index (χ0n) is 15.7. The molecule has 0 aliphatic carbocycles. The quantitative estimate of drug-likeness (QED) is 0.439. The Bertz CT molecular complexity index is 989. The Morgan fingerprint density at radius 3 is 2.60 bits per heavy atom. The summed E-state index contributed by atoms with van der Waals surface area (Å²) in [6.07, 6.45) is 1.75. The highest BCUT2D eigenvalue weighted by Crippen LogP contribution is 2.25. The summed E-state index contributed by atoms with van der Waals surface area (Å²) in [7, 11) is 0. The normalized spacial score (nSPS) is 17.9. The fourth-order valence-corrected chi connectivity index (χ4v) is 2.84. The number of hydrogen-bond acceptors (Lipinski definition) is 7. The fraction of sp³-hybridized carbons (Fsp3) is 0.190. The number of carboxylic acid groups (broad SMARTS) is 1. The summed E-state index contributed by atoms with van der Waals surface area (Å²) in [6, 6.07) is 8.86. The number of aliphatic carboxylic acids is 1. The van der Waals surface area contributed by atoms with E-state index < -0.39 is 29.7 Å². The molecule has 0 amide bonds. The Morgan fingerprint density at radius 2 is 1.97 bits per heavy atom. The van der Waals surface area contributed by atoms with Crippen LogP contribution in [-0.2, 0) is 25.5 Å². The molecule has 1 fully saturated rings. The fourth-order valence-electron chi connectivity index (χ4n) is 2.84. The summed E-state index contributed by atoms with van der Waals surface area (Å²) in [5, 5.41) is 11.6. The van der Waals surface area contributed by atoms with Crippen LogP contribution in [0.15, 0.2) is 48.2 Å². The Balaban J connectivity index is 1.68. The SMILES string of the molecule is NC(Cc1ccc(Oc2ccc(C=C3OCNC3C(=O)C=O)cc2)cc1F)C(=O)O. The Hall–Kier alpha value is -3.56. The van der Waals surface area contributed by atoms with Gasteiger partial charge in [0.2, 0.25) is 5.78 Å². The third kappa shape index (κ3) is 5.07. The minimum Gasteiger partial charge on any atom is -0.480 e. The van der Waals surface area contributed by atoms with Gasteiger partial charge in [0.05, 0.1) is 0 Å². The van der Waals surface area contributed by atoms with E-state index in [1.807, 2.05) is 0 Å². The van der Waals surface area contributed by atoms with E-state index in [4.69, 9.17) is 20.3 Å². The molecule has 30 heavy (non-hydrogen) atoms. The first-order valence-electron chi connectivity index (χ1n) is 8.99. The summed E-state index contributed by atoms with van der Waals surface area (Å²) in [4.78, 5) is 33.1. The number of hydrogen-bond donors (Lipinski definition) is 3. The van der Waals surface area contributed by atoms with Gasteiger partial charge in [-0.1, -0.05) is 18.2 Å². The van der Waals surface area contributed by atoms with Gasteiger partial charge in [-0.3, -0.25) is 19.7 Å². The lowest BCUT2D eigenvalue weighted by Gasteiger charge is -2.10. The molecule has 8 nitrogen and oxygen atoms in total. The minimum atomic E-state index is -1.20. The molecule has 1 heterocycles. The van der Waals surface area contributed by atoms with E-state index in [0.29, 0.717) is 17.1 Å². The summed E-state index contributed by atoms with van der Waals surface area (Å²) in [5.74, 6) is -1.40. The number of Topliss-reactive ketones (excluding diaryl/α,β-unsaturated/α-hetero) is 1. The molecule has 1 saturated heterocycles. The van der Waals surface area contributed by atoms with Crippen LogP contribution in [0, 0.1) is 5.82 Å². The maximum Gasteiger partial charge on any atom is 0.320 e. The summed E-state index contributed by atoms with van der Waals surface area (Å²) < 4.78 is 25.1. The third-order valence-electron chi connectivity index (χ3n) is 4.42. The van der Waals surface area contributed by atoms with Crippen molar-refractivity contribution < 1.29 is 33.4 Å². The van der Waals surface area contributed by atoms with Crippen molar-refractivity contribution >= 4 is 24.1 Å². The minimum absolute atomic E-state index is 0.130. The van der Waals surface area contributed by atoms with E-state index in [1.165, 1.54) is 12.1 Å². The predicted octanol–water partition coefficient (Wildman–Crippen LogP) is 1.63. The number of nitrogens with two attached hydrogens (primary N) is 1. The highest BCUT2D eigenvalue weighted by atomic mass is 19.1. The number of ether oxygens (including phenoxy) is 2.